The number of nitrogens with zero attached hydrogens (tertiary/aromatic N) is 1. The second-order valence-electron chi connectivity index (χ2n) is 6.06. The zero-order chi connectivity index (χ0) is 22.4. The minimum absolute atomic E-state index is 0.0177. The molecule has 0 unspecified atom stereocenters. The van der Waals surface area contributed by atoms with Crippen LogP contribution >= 0.6 is 23.6 Å². The predicted octanol–water partition coefficient (Wildman–Crippen LogP) is 4.44. The Balaban J connectivity index is 2.36. The van der Waals surface area contributed by atoms with Gasteiger partial charge in [0.1, 0.15) is 15.6 Å². The number of nitrogens with one attached hydrogen (secondary N) is 2. The smallest absolute Gasteiger partial charge is 0.348 e. The van der Waals surface area contributed by atoms with Crippen LogP contribution in [0.5, 0.6) is 0 Å². The van der Waals surface area contributed by atoms with Gasteiger partial charge < -0.3 is 20.1 Å². The van der Waals surface area contributed by atoms with Crippen molar-refractivity contribution in [3.05, 3.63) is 49.9 Å². The van der Waals surface area contributed by atoms with Gasteiger partial charge in [0, 0.05) is 6.07 Å². The number of benzene rings is 1. The van der Waals surface area contributed by atoms with Gasteiger partial charge in [-0.2, -0.15) is 0 Å². The Morgan fingerprint density at radius 2 is 1.77 bits per heavy atom. The molecule has 0 saturated heterocycles. The van der Waals surface area contributed by atoms with Crippen molar-refractivity contribution in [2.75, 3.05) is 23.8 Å². The van der Waals surface area contributed by atoms with Crippen LogP contribution in [0, 0.1) is 24.0 Å². The maximum absolute atomic E-state index is 12.4. The maximum Gasteiger partial charge on any atom is 0.348 e. The number of rotatable bonds is 7. The van der Waals surface area contributed by atoms with Crippen LogP contribution < -0.4 is 10.6 Å². The fourth-order valence-electron chi connectivity index (χ4n) is 2.60. The van der Waals surface area contributed by atoms with Crippen LogP contribution in [0.3, 0.4) is 0 Å². The highest BCUT2D eigenvalue weighted by Gasteiger charge is 2.27. The highest BCUT2D eigenvalue weighted by Crippen LogP contribution is 2.35. The van der Waals surface area contributed by atoms with Crippen LogP contribution in [-0.2, 0) is 9.47 Å². The Labute approximate surface area is 182 Å². The first-order valence-electron chi connectivity index (χ1n) is 9.00. The lowest BCUT2D eigenvalue weighted by molar-refractivity contribution is -0.383. The van der Waals surface area contributed by atoms with E-state index in [1.165, 1.54) is 12.1 Å². The highest BCUT2D eigenvalue weighted by atomic mass is 32.1. The third kappa shape index (κ3) is 5.30. The molecule has 0 bridgehead atoms. The number of nitro benzene ring substituents is 1. The number of carbonyl (C=O) groups excluding carboxylic acids is 2. The molecule has 160 valence electrons. The number of anilines is 2. The summed E-state index contributed by atoms with van der Waals surface area (Å²) >= 11 is 6.26. The van der Waals surface area contributed by atoms with E-state index in [4.69, 9.17) is 21.7 Å². The Morgan fingerprint density at radius 1 is 1.13 bits per heavy atom. The molecule has 0 aliphatic rings. The topological polar surface area (TPSA) is 120 Å². The van der Waals surface area contributed by atoms with Gasteiger partial charge in [-0.25, -0.2) is 9.59 Å². The highest BCUT2D eigenvalue weighted by molar-refractivity contribution is 7.80. The number of aryl methyl sites for hydroxylation is 1. The Kier molecular flexibility index (Phi) is 7.84. The van der Waals surface area contributed by atoms with Gasteiger partial charge in [-0.1, -0.05) is 6.07 Å². The van der Waals surface area contributed by atoms with Crippen molar-refractivity contribution in [3.8, 4) is 0 Å². The van der Waals surface area contributed by atoms with E-state index in [-0.39, 0.29) is 45.1 Å². The molecule has 2 aromatic rings. The van der Waals surface area contributed by atoms with E-state index in [1.807, 2.05) is 0 Å². The number of ether oxygens (including phenoxy) is 2. The molecule has 0 amide bonds. The summed E-state index contributed by atoms with van der Waals surface area (Å²) in [5.74, 6) is -1.18. The largest absolute Gasteiger partial charge is 0.462 e. The molecule has 9 nitrogen and oxygen atoms in total. The van der Waals surface area contributed by atoms with Crippen LogP contribution in [0.4, 0.5) is 16.4 Å². The van der Waals surface area contributed by atoms with Gasteiger partial charge in [-0.05, 0) is 57.1 Å². The standard InChI is InChI=1S/C19H21N3O6S2/c1-5-27-17(23)14-11(4)15(18(24)28-6-2)30-16(14)21-19(29)20-12-8-7-10(3)9-13(12)22(25)26/h7-9H,5-6H2,1-4H3,(H2,20,21,29). The molecule has 1 heterocycles. The second-order valence-corrected chi connectivity index (χ2v) is 7.49. The van der Waals surface area contributed by atoms with Crippen molar-refractivity contribution in [3.63, 3.8) is 0 Å². The van der Waals surface area contributed by atoms with Crippen molar-refractivity contribution in [1.82, 2.24) is 0 Å². The normalized spacial score (nSPS) is 10.3. The van der Waals surface area contributed by atoms with Gasteiger partial charge in [0.25, 0.3) is 5.69 Å². The molecular weight excluding hydrogens is 430 g/mol. The van der Waals surface area contributed by atoms with E-state index >= 15 is 0 Å². The molecule has 0 saturated carbocycles. The summed E-state index contributed by atoms with van der Waals surface area (Å²) < 4.78 is 10.1. The van der Waals surface area contributed by atoms with Crippen LogP contribution in [0.1, 0.15) is 45.0 Å². The summed E-state index contributed by atoms with van der Waals surface area (Å²) in [6.07, 6.45) is 0. The van der Waals surface area contributed by atoms with E-state index < -0.39 is 16.9 Å². The Morgan fingerprint density at radius 3 is 2.37 bits per heavy atom. The lowest BCUT2D eigenvalue weighted by atomic mass is 10.1. The number of thiocarbonyl (C=S) groups is 1. The molecule has 11 heteroatoms. The van der Waals surface area contributed by atoms with Gasteiger partial charge in [0.05, 0.1) is 23.7 Å². The van der Waals surface area contributed by atoms with Crippen LogP contribution in [0.25, 0.3) is 0 Å². The number of esters is 2. The molecule has 2 N–H and O–H groups in total. The molecule has 1 aromatic carbocycles. The van der Waals surface area contributed by atoms with Crippen molar-refractivity contribution in [2.24, 2.45) is 0 Å². The SMILES string of the molecule is CCOC(=O)c1sc(NC(=S)Nc2ccc(C)cc2[N+](=O)[O-])c(C(=O)OCC)c1C. The number of nitro groups is 1. The van der Waals surface area contributed by atoms with Gasteiger partial charge in [-0.3, -0.25) is 10.1 Å². The van der Waals surface area contributed by atoms with Crippen LogP contribution in [0.15, 0.2) is 18.2 Å². The van der Waals surface area contributed by atoms with Crippen molar-refractivity contribution in [1.29, 1.82) is 0 Å². The summed E-state index contributed by atoms with van der Waals surface area (Å²) in [7, 11) is 0. The number of hydrogen-bond donors (Lipinski definition) is 2. The predicted molar refractivity (Wildman–Crippen MR) is 119 cm³/mol. The molecular formula is C19H21N3O6S2. The van der Waals surface area contributed by atoms with Gasteiger partial charge in [0.2, 0.25) is 0 Å². The lowest BCUT2D eigenvalue weighted by Crippen LogP contribution is -2.21. The van der Waals surface area contributed by atoms with Crippen LogP contribution in [0.2, 0.25) is 0 Å². The fraction of sp³-hybridized carbons (Fsp3) is 0.316. The second kappa shape index (κ2) is 10.1. The number of hydrogen-bond acceptors (Lipinski definition) is 8. The van der Waals surface area contributed by atoms with Crippen LogP contribution in [-0.4, -0.2) is 35.2 Å². The molecule has 0 spiro atoms. The monoisotopic (exact) mass is 451 g/mol. The molecule has 30 heavy (non-hydrogen) atoms. The third-order valence-electron chi connectivity index (χ3n) is 3.91. The van der Waals surface area contributed by atoms with Gasteiger partial charge in [-0.15, -0.1) is 11.3 Å². The number of carbonyl (C=O) groups is 2. The van der Waals surface area contributed by atoms with Gasteiger partial charge in [0.15, 0.2) is 5.11 Å². The molecule has 1 aromatic heterocycles. The average Bonchev–Trinajstić information content (AvgIpc) is 2.99. The molecule has 0 fully saturated rings. The quantitative estimate of drug-likeness (QED) is 0.272. The molecule has 2 rings (SSSR count). The summed E-state index contributed by atoms with van der Waals surface area (Å²) in [5, 5.41) is 17.2. The Bertz CT molecular complexity index is 1000. The average molecular weight is 452 g/mol. The van der Waals surface area contributed by atoms with E-state index in [0.29, 0.717) is 5.56 Å². The third-order valence-corrected chi connectivity index (χ3v) is 5.30. The van der Waals surface area contributed by atoms with Crippen molar-refractivity contribution in [2.45, 2.75) is 27.7 Å². The van der Waals surface area contributed by atoms with E-state index in [0.717, 1.165) is 16.9 Å². The minimum Gasteiger partial charge on any atom is -0.462 e. The van der Waals surface area contributed by atoms with Gasteiger partial charge >= 0.3 is 11.9 Å². The lowest BCUT2D eigenvalue weighted by Gasteiger charge is -2.11. The van der Waals surface area contributed by atoms with Crippen molar-refractivity contribution >= 4 is 57.0 Å². The number of thiophene rings is 1. The summed E-state index contributed by atoms with van der Waals surface area (Å²) in [6.45, 7) is 7.04. The zero-order valence-corrected chi connectivity index (χ0v) is 18.5. The molecule has 0 aliphatic heterocycles. The van der Waals surface area contributed by atoms with Crippen molar-refractivity contribution < 1.29 is 24.0 Å². The molecule has 0 radical (unpaired) electrons. The first-order valence-corrected chi connectivity index (χ1v) is 10.2. The fourth-order valence-corrected chi connectivity index (χ4v) is 3.97. The minimum atomic E-state index is -0.617. The Hall–Kier alpha value is -3.05. The first kappa shape index (κ1) is 23.2. The molecule has 0 atom stereocenters. The van der Waals surface area contributed by atoms with E-state index in [1.54, 1.807) is 33.8 Å². The first-order chi connectivity index (χ1) is 14.2. The summed E-state index contributed by atoms with van der Waals surface area (Å²) in [4.78, 5) is 35.7. The summed E-state index contributed by atoms with van der Waals surface area (Å²) in [6, 6.07) is 4.66. The zero-order valence-electron chi connectivity index (χ0n) is 16.9. The van der Waals surface area contributed by atoms with E-state index in [2.05, 4.69) is 10.6 Å². The summed E-state index contributed by atoms with van der Waals surface area (Å²) in [5.41, 5.74) is 1.35. The van der Waals surface area contributed by atoms with E-state index in [9.17, 15) is 19.7 Å². The molecule has 0 aliphatic carbocycles. The maximum atomic E-state index is 12.4.